The summed E-state index contributed by atoms with van der Waals surface area (Å²) in [5.41, 5.74) is 2.21. The van der Waals surface area contributed by atoms with E-state index in [1.54, 1.807) is 13.8 Å². The third-order valence-corrected chi connectivity index (χ3v) is 2.82. The number of hydrogen-bond donors (Lipinski definition) is 2. The number of carbonyl (C=O) groups excluding carboxylic acids is 1. The maximum absolute atomic E-state index is 13.0. The molecule has 4 nitrogen and oxygen atoms in total. The van der Waals surface area contributed by atoms with Gasteiger partial charge in [-0.25, -0.2) is 4.39 Å². The van der Waals surface area contributed by atoms with Crippen molar-refractivity contribution in [2.24, 2.45) is 0 Å². The fourth-order valence-electron chi connectivity index (χ4n) is 1.65. The van der Waals surface area contributed by atoms with E-state index in [-0.39, 0.29) is 10.9 Å². The molecule has 0 saturated carbocycles. The molecule has 2 N–H and O–H groups in total. The summed E-state index contributed by atoms with van der Waals surface area (Å²) in [6, 6.07) is 4.01. The van der Waals surface area contributed by atoms with Gasteiger partial charge in [-0.3, -0.25) is 9.89 Å². The second-order valence-corrected chi connectivity index (χ2v) is 4.30. The van der Waals surface area contributed by atoms with Gasteiger partial charge in [-0.1, -0.05) is 11.6 Å². The summed E-state index contributed by atoms with van der Waals surface area (Å²) >= 11 is 5.64. The monoisotopic (exact) mass is 267 g/mol. The lowest BCUT2D eigenvalue weighted by Gasteiger charge is -2.06. The van der Waals surface area contributed by atoms with Crippen LogP contribution in [-0.4, -0.2) is 16.1 Å². The van der Waals surface area contributed by atoms with Crippen LogP contribution in [0, 0.1) is 19.7 Å². The van der Waals surface area contributed by atoms with Gasteiger partial charge in [0.2, 0.25) is 0 Å². The Balaban J connectivity index is 2.24. The number of carbonyl (C=O) groups is 1. The van der Waals surface area contributed by atoms with Gasteiger partial charge in [0.15, 0.2) is 0 Å². The molecule has 0 aliphatic rings. The molecule has 0 spiro atoms. The van der Waals surface area contributed by atoms with Crippen LogP contribution < -0.4 is 5.32 Å². The zero-order valence-electron chi connectivity index (χ0n) is 9.84. The number of aromatic amines is 1. The maximum Gasteiger partial charge on any atom is 0.259 e. The van der Waals surface area contributed by atoms with Gasteiger partial charge in [-0.2, -0.15) is 5.10 Å². The number of rotatable bonds is 2. The molecule has 1 amide bonds. The molecule has 0 aliphatic carbocycles. The molecule has 0 fully saturated rings. The second-order valence-electron chi connectivity index (χ2n) is 3.89. The molecule has 0 radical (unpaired) electrons. The molecule has 2 rings (SSSR count). The second kappa shape index (κ2) is 4.78. The molecule has 1 heterocycles. The quantitative estimate of drug-likeness (QED) is 0.878. The Morgan fingerprint density at radius 1 is 1.44 bits per heavy atom. The van der Waals surface area contributed by atoms with E-state index in [9.17, 15) is 9.18 Å². The van der Waals surface area contributed by atoms with Crippen LogP contribution in [0.2, 0.25) is 5.02 Å². The van der Waals surface area contributed by atoms with Crippen LogP contribution in [0.5, 0.6) is 0 Å². The number of halogens is 2. The molecule has 0 bridgehead atoms. The summed E-state index contributed by atoms with van der Waals surface area (Å²) in [7, 11) is 0. The molecule has 6 heteroatoms. The highest BCUT2D eigenvalue weighted by Gasteiger charge is 2.15. The first-order valence-corrected chi connectivity index (χ1v) is 5.65. The molecule has 0 saturated heterocycles. The zero-order valence-corrected chi connectivity index (χ0v) is 10.6. The summed E-state index contributed by atoms with van der Waals surface area (Å²) in [5, 5.41) is 9.28. The van der Waals surface area contributed by atoms with Crippen LogP contribution in [0.1, 0.15) is 21.7 Å². The number of hydrogen-bond acceptors (Lipinski definition) is 2. The Kier molecular flexibility index (Phi) is 3.34. The summed E-state index contributed by atoms with van der Waals surface area (Å²) in [5.74, 6) is -0.827. The summed E-state index contributed by atoms with van der Waals surface area (Å²) in [4.78, 5) is 12.0. The van der Waals surface area contributed by atoms with Crippen molar-refractivity contribution >= 4 is 23.2 Å². The summed E-state index contributed by atoms with van der Waals surface area (Å²) in [6.07, 6.45) is 0. The fourth-order valence-corrected chi connectivity index (χ4v) is 1.83. The van der Waals surface area contributed by atoms with E-state index in [1.165, 1.54) is 18.2 Å². The van der Waals surface area contributed by atoms with E-state index in [1.807, 2.05) is 0 Å². The van der Waals surface area contributed by atoms with Gasteiger partial charge in [-0.05, 0) is 32.0 Å². The first-order chi connectivity index (χ1) is 8.49. The minimum Gasteiger partial charge on any atom is -0.322 e. The minimum atomic E-state index is -0.523. The molecule has 0 atom stereocenters. The highest BCUT2D eigenvalue weighted by atomic mass is 35.5. The summed E-state index contributed by atoms with van der Waals surface area (Å²) < 4.78 is 13.0. The number of aryl methyl sites for hydroxylation is 2. The average Bonchev–Trinajstić information content (AvgIpc) is 2.64. The van der Waals surface area contributed by atoms with Gasteiger partial charge in [0.25, 0.3) is 5.91 Å². The van der Waals surface area contributed by atoms with Gasteiger partial charge in [0, 0.05) is 11.4 Å². The molecule has 18 heavy (non-hydrogen) atoms. The van der Waals surface area contributed by atoms with E-state index >= 15 is 0 Å². The third-order valence-electron chi connectivity index (χ3n) is 2.53. The molecular weight excluding hydrogens is 257 g/mol. The first-order valence-electron chi connectivity index (χ1n) is 5.27. The number of anilines is 1. The number of aromatic nitrogens is 2. The van der Waals surface area contributed by atoms with Crippen molar-refractivity contribution in [2.45, 2.75) is 13.8 Å². The van der Waals surface area contributed by atoms with Crippen LogP contribution in [0.15, 0.2) is 18.2 Å². The van der Waals surface area contributed by atoms with Crippen molar-refractivity contribution in [1.29, 1.82) is 0 Å². The highest BCUT2D eigenvalue weighted by molar-refractivity contribution is 6.31. The normalized spacial score (nSPS) is 10.4. The van der Waals surface area contributed by atoms with Gasteiger partial charge in [0.05, 0.1) is 16.3 Å². The Bertz CT molecular complexity index is 590. The average molecular weight is 268 g/mol. The van der Waals surface area contributed by atoms with E-state index in [2.05, 4.69) is 15.5 Å². The predicted molar refractivity (Wildman–Crippen MR) is 67.4 cm³/mol. The van der Waals surface area contributed by atoms with E-state index in [0.717, 1.165) is 0 Å². The SMILES string of the molecule is Cc1n[nH]c(C)c1C(=O)Nc1ccc(F)c(Cl)c1. The number of H-pyrrole nitrogens is 1. The lowest BCUT2D eigenvalue weighted by Crippen LogP contribution is -2.13. The van der Waals surface area contributed by atoms with Crippen molar-refractivity contribution < 1.29 is 9.18 Å². The lowest BCUT2D eigenvalue weighted by molar-refractivity contribution is 0.102. The number of nitrogens with zero attached hydrogens (tertiary/aromatic N) is 1. The lowest BCUT2D eigenvalue weighted by atomic mass is 10.2. The topological polar surface area (TPSA) is 57.8 Å². The van der Waals surface area contributed by atoms with Crippen LogP contribution in [0.25, 0.3) is 0 Å². The zero-order chi connectivity index (χ0) is 13.3. The fraction of sp³-hybridized carbons (Fsp3) is 0.167. The summed E-state index contributed by atoms with van der Waals surface area (Å²) in [6.45, 7) is 3.49. The smallest absolute Gasteiger partial charge is 0.259 e. The van der Waals surface area contributed by atoms with Crippen molar-refractivity contribution in [2.75, 3.05) is 5.32 Å². The molecule has 1 aromatic carbocycles. The van der Waals surface area contributed by atoms with E-state index in [4.69, 9.17) is 11.6 Å². The minimum absolute atomic E-state index is 0.0339. The molecular formula is C12H11ClFN3O. The molecule has 94 valence electrons. The largest absolute Gasteiger partial charge is 0.322 e. The first kappa shape index (κ1) is 12.6. The third kappa shape index (κ3) is 2.36. The molecule has 1 aromatic heterocycles. The van der Waals surface area contributed by atoms with Crippen molar-refractivity contribution in [1.82, 2.24) is 10.2 Å². The maximum atomic E-state index is 13.0. The van der Waals surface area contributed by atoms with Crippen LogP contribution in [0.3, 0.4) is 0 Å². The number of amides is 1. The molecule has 0 unspecified atom stereocenters. The van der Waals surface area contributed by atoms with E-state index < -0.39 is 5.82 Å². The van der Waals surface area contributed by atoms with Gasteiger partial charge < -0.3 is 5.32 Å². The van der Waals surface area contributed by atoms with E-state index in [0.29, 0.717) is 22.6 Å². The molecule has 0 aliphatic heterocycles. The van der Waals surface area contributed by atoms with Crippen LogP contribution >= 0.6 is 11.6 Å². The Hall–Kier alpha value is -1.88. The Morgan fingerprint density at radius 3 is 2.72 bits per heavy atom. The number of nitrogens with one attached hydrogen (secondary N) is 2. The Labute approximate surface area is 108 Å². The van der Waals surface area contributed by atoms with Gasteiger partial charge >= 0.3 is 0 Å². The predicted octanol–water partition coefficient (Wildman–Crippen LogP) is 3.07. The van der Waals surface area contributed by atoms with Crippen molar-refractivity contribution in [3.63, 3.8) is 0 Å². The van der Waals surface area contributed by atoms with Crippen molar-refractivity contribution in [3.05, 3.63) is 46.0 Å². The van der Waals surface area contributed by atoms with Gasteiger partial charge in [0.1, 0.15) is 5.82 Å². The van der Waals surface area contributed by atoms with Crippen LogP contribution in [0.4, 0.5) is 10.1 Å². The Morgan fingerprint density at radius 2 is 2.17 bits per heavy atom. The van der Waals surface area contributed by atoms with Gasteiger partial charge in [-0.15, -0.1) is 0 Å². The highest BCUT2D eigenvalue weighted by Crippen LogP contribution is 2.20. The molecule has 2 aromatic rings. The number of benzene rings is 1. The standard InChI is InChI=1S/C12H11ClFN3O/c1-6-11(7(2)17-16-6)12(18)15-8-3-4-10(14)9(13)5-8/h3-5H,1-2H3,(H,15,18)(H,16,17). The van der Waals surface area contributed by atoms with Crippen molar-refractivity contribution in [3.8, 4) is 0 Å². The van der Waals surface area contributed by atoms with Crippen LogP contribution in [-0.2, 0) is 0 Å².